The van der Waals surface area contributed by atoms with E-state index in [0.717, 1.165) is 22.3 Å². The highest BCUT2D eigenvalue weighted by atomic mass is 32.2. The van der Waals surface area contributed by atoms with Crippen molar-refractivity contribution < 1.29 is 4.79 Å². The number of nitrogens with one attached hydrogen (secondary N) is 1. The molecule has 0 spiro atoms. The van der Waals surface area contributed by atoms with Gasteiger partial charge in [-0.3, -0.25) is 10.1 Å². The fraction of sp³-hybridized carbons (Fsp3) is 0.462. The molecule has 2 rings (SSSR count). The molecule has 0 bridgehead atoms. The zero-order chi connectivity index (χ0) is 16.7. The molecule has 0 saturated carbocycles. The number of hydrogen-bond acceptors (Lipinski definition) is 8. The molecule has 0 fully saturated rings. The predicted molar refractivity (Wildman–Crippen MR) is 95.2 cm³/mol. The first-order valence-corrected chi connectivity index (χ1v) is 9.82. The molecular formula is C13H18N6OS3. The number of amides is 1. The zero-order valence-corrected chi connectivity index (χ0v) is 15.4. The summed E-state index contributed by atoms with van der Waals surface area (Å²) in [4.78, 5) is 12.0. The molecule has 0 aliphatic rings. The first-order chi connectivity index (χ1) is 11.1. The second-order valence-corrected chi connectivity index (χ2v) is 7.75. The Balaban J connectivity index is 1.85. The van der Waals surface area contributed by atoms with E-state index in [2.05, 4.69) is 39.2 Å². The number of anilines is 1. The minimum atomic E-state index is -0.135. The number of aryl methyl sites for hydroxylation is 1. The van der Waals surface area contributed by atoms with E-state index in [-0.39, 0.29) is 11.7 Å². The van der Waals surface area contributed by atoms with E-state index in [1.54, 1.807) is 17.8 Å². The van der Waals surface area contributed by atoms with Crippen LogP contribution in [0.15, 0.2) is 22.2 Å². The summed E-state index contributed by atoms with van der Waals surface area (Å²) in [5, 5.41) is 20.1. The van der Waals surface area contributed by atoms with Gasteiger partial charge >= 0.3 is 0 Å². The number of rotatable bonds is 9. The van der Waals surface area contributed by atoms with Crippen LogP contribution in [0.5, 0.6) is 0 Å². The highest BCUT2D eigenvalue weighted by Gasteiger charge is 2.12. The fourth-order valence-corrected chi connectivity index (χ4v) is 4.09. The maximum Gasteiger partial charge on any atom is 0.236 e. The van der Waals surface area contributed by atoms with Crippen molar-refractivity contribution in [2.45, 2.75) is 36.3 Å². The molecule has 124 valence electrons. The number of thioether (sulfide) groups is 2. The molecule has 0 unspecified atom stereocenters. The van der Waals surface area contributed by atoms with Crippen LogP contribution in [0.3, 0.4) is 0 Å². The molecule has 10 heteroatoms. The minimum Gasteiger partial charge on any atom is -0.302 e. The van der Waals surface area contributed by atoms with Crippen molar-refractivity contribution in [3.8, 4) is 0 Å². The van der Waals surface area contributed by atoms with Crippen LogP contribution in [0, 0.1) is 6.92 Å². The Labute approximate surface area is 147 Å². The summed E-state index contributed by atoms with van der Waals surface area (Å²) >= 11 is 4.37. The third-order valence-corrected chi connectivity index (χ3v) is 5.77. The van der Waals surface area contributed by atoms with Crippen LogP contribution in [0.4, 0.5) is 5.13 Å². The van der Waals surface area contributed by atoms with Crippen LogP contribution in [-0.4, -0.2) is 42.4 Å². The van der Waals surface area contributed by atoms with Crippen molar-refractivity contribution in [1.29, 1.82) is 0 Å². The van der Waals surface area contributed by atoms with Gasteiger partial charge in [0.05, 0.1) is 5.75 Å². The van der Waals surface area contributed by atoms with Crippen LogP contribution in [0.25, 0.3) is 0 Å². The number of allylic oxidation sites excluding steroid dienone is 1. The van der Waals surface area contributed by atoms with E-state index in [4.69, 9.17) is 0 Å². The molecule has 2 aromatic rings. The molecule has 0 radical (unpaired) electrons. The monoisotopic (exact) mass is 370 g/mol. The van der Waals surface area contributed by atoms with Gasteiger partial charge in [0.2, 0.25) is 11.0 Å². The van der Waals surface area contributed by atoms with Gasteiger partial charge in [-0.1, -0.05) is 47.9 Å². The lowest BCUT2D eigenvalue weighted by Gasteiger charge is -2.04. The number of carbonyl (C=O) groups excluding carboxylic acids is 1. The first kappa shape index (κ1) is 18.0. The number of hydrogen-bond donors (Lipinski definition) is 1. The average molecular weight is 371 g/mol. The quantitative estimate of drug-likeness (QED) is 0.413. The Morgan fingerprint density at radius 1 is 1.35 bits per heavy atom. The summed E-state index contributed by atoms with van der Waals surface area (Å²) in [6, 6.07) is 0. The second kappa shape index (κ2) is 9.04. The van der Waals surface area contributed by atoms with E-state index < -0.39 is 0 Å². The molecule has 0 aromatic carbocycles. The lowest BCUT2D eigenvalue weighted by Crippen LogP contribution is -2.14. The van der Waals surface area contributed by atoms with Gasteiger partial charge in [0, 0.05) is 12.3 Å². The van der Waals surface area contributed by atoms with E-state index >= 15 is 0 Å². The highest BCUT2D eigenvalue weighted by molar-refractivity contribution is 8.01. The Morgan fingerprint density at radius 3 is 2.91 bits per heavy atom. The summed E-state index contributed by atoms with van der Waals surface area (Å²) in [7, 11) is 0. The topological polar surface area (TPSA) is 85.6 Å². The molecule has 2 heterocycles. The third-order valence-electron chi connectivity index (χ3n) is 2.63. The van der Waals surface area contributed by atoms with E-state index in [1.165, 1.54) is 23.1 Å². The zero-order valence-electron chi connectivity index (χ0n) is 13.0. The highest BCUT2D eigenvalue weighted by Crippen LogP contribution is 2.26. The lowest BCUT2D eigenvalue weighted by molar-refractivity contribution is -0.113. The van der Waals surface area contributed by atoms with Gasteiger partial charge in [0.25, 0.3) is 0 Å². The number of nitrogens with zero attached hydrogens (tertiary/aromatic N) is 5. The van der Waals surface area contributed by atoms with Gasteiger partial charge in [-0.15, -0.1) is 27.0 Å². The Kier molecular flexibility index (Phi) is 7.06. The number of carbonyl (C=O) groups is 1. The van der Waals surface area contributed by atoms with E-state index in [1.807, 2.05) is 11.5 Å². The predicted octanol–water partition coefficient (Wildman–Crippen LogP) is 2.86. The third kappa shape index (κ3) is 5.33. The summed E-state index contributed by atoms with van der Waals surface area (Å²) in [5.41, 5.74) is 0. The van der Waals surface area contributed by atoms with Crippen molar-refractivity contribution in [3.05, 3.63) is 18.5 Å². The Hall–Kier alpha value is -1.39. The van der Waals surface area contributed by atoms with Gasteiger partial charge in [0.15, 0.2) is 9.50 Å². The normalized spacial score (nSPS) is 10.7. The van der Waals surface area contributed by atoms with Crippen LogP contribution < -0.4 is 5.32 Å². The summed E-state index contributed by atoms with van der Waals surface area (Å²) in [6.45, 7) is 8.32. The molecule has 7 nitrogen and oxygen atoms in total. The smallest absolute Gasteiger partial charge is 0.236 e. The maximum atomic E-state index is 12.0. The molecule has 0 saturated heterocycles. The van der Waals surface area contributed by atoms with Gasteiger partial charge in [-0.05, 0) is 13.3 Å². The van der Waals surface area contributed by atoms with E-state index in [9.17, 15) is 4.79 Å². The van der Waals surface area contributed by atoms with Crippen molar-refractivity contribution in [2.75, 3.05) is 16.8 Å². The van der Waals surface area contributed by atoms with Crippen LogP contribution >= 0.6 is 34.9 Å². The SMILES string of the molecule is C=CCn1c(C)nnc1SCC(=O)Nc1nnc(SCCC)s1. The first-order valence-electron chi connectivity index (χ1n) is 7.03. The lowest BCUT2D eigenvalue weighted by atomic mass is 10.6. The second-order valence-electron chi connectivity index (χ2n) is 4.49. The molecule has 23 heavy (non-hydrogen) atoms. The molecule has 0 aliphatic heterocycles. The van der Waals surface area contributed by atoms with Crippen LogP contribution in [0.1, 0.15) is 19.2 Å². The largest absolute Gasteiger partial charge is 0.302 e. The van der Waals surface area contributed by atoms with Crippen molar-refractivity contribution in [1.82, 2.24) is 25.0 Å². The van der Waals surface area contributed by atoms with Crippen molar-refractivity contribution >= 4 is 45.9 Å². The molecule has 0 atom stereocenters. The van der Waals surface area contributed by atoms with Gasteiger partial charge in [-0.2, -0.15) is 0 Å². The molecular weight excluding hydrogens is 352 g/mol. The van der Waals surface area contributed by atoms with Crippen LogP contribution in [0.2, 0.25) is 0 Å². The molecule has 1 N–H and O–H groups in total. The Bertz CT molecular complexity index is 668. The summed E-state index contributed by atoms with van der Waals surface area (Å²) in [5.74, 6) is 1.90. The number of aromatic nitrogens is 5. The standard InChI is InChI=1S/C13H18N6OS3/c1-4-6-19-9(3)15-17-12(19)22-8-10(20)14-11-16-18-13(23-11)21-7-5-2/h4H,1,5-8H2,2-3H3,(H,14,16,20). The Morgan fingerprint density at radius 2 is 2.17 bits per heavy atom. The summed E-state index contributed by atoms with van der Waals surface area (Å²) < 4.78 is 2.78. The van der Waals surface area contributed by atoms with Gasteiger partial charge in [-0.25, -0.2) is 0 Å². The molecule has 0 aliphatic carbocycles. The maximum absolute atomic E-state index is 12.0. The van der Waals surface area contributed by atoms with Gasteiger partial charge in [0.1, 0.15) is 5.82 Å². The van der Waals surface area contributed by atoms with Crippen molar-refractivity contribution in [3.63, 3.8) is 0 Å². The molecule has 2 aromatic heterocycles. The van der Waals surface area contributed by atoms with Crippen LogP contribution in [-0.2, 0) is 11.3 Å². The van der Waals surface area contributed by atoms with Gasteiger partial charge < -0.3 is 4.57 Å². The molecule has 1 amide bonds. The van der Waals surface area contributed by atoms with E-state index in [0.29, 0.717) is 16.8 Å². The minimum absolute atomic E-state index is 0.135. The summed E-state index contributed by atoms with van der Waals surface area (Å²) in [6.07, 6.45) is 2.85. The average Bonchev–Trinajstić information content (AvgIpc) is 3.11. The van der Waals surface area contributed by atoms with Crippen molar-refractivity contribution in [2.24, 2.45) is 0 Å². The fourth-order valence-electron chi connectivity index (χ4n) is 1.60.